The molecule has 0 saturated carbocycles. The zero-order chi connectivity index (χ0) is 15.8. The summed E-state index contributed by atoms with van der Waals surface area (Å²) < 4.78 is 17.1. The molecule has 1 aromatic rings. The van der Waals surface area contributed by atoms with Crippen LogP contribution in [0.1, 0.15) is 6.92 Å². The Labute approximate surface area is 135 Å². The molecular weight excluding hydrogens is 358 g/mol. The SMILES string of the molecule is CNC(=O)OC[C@@H](Br)[C@H](O)[C@H](C)CS(=O)c1ccccc1. The molecule has 0 heterocycles. The van der Waals surface area contributed by atoms with E-state index >= 15 is 0 Å². The van der Waals surface area contributed by atoms with E-state index in [-0.39, 0.29) is 12.5 Å². The average molecular weight is 378 g/mol. The van der Waals surface area contributed by atoms with E-state index in [1.807, 2.05) is 25.1 Å². The summed E-state index contributed by atoms with van der Waals surface area (Å²) in [6.45, 7) is 1.86. The van der Waals surface area contributed by atoms with Crippen molar-refractivity contribution >= 4 is 32.8 Å². The first-order valence-corrected chi connectivity index (χ1v) is 8.79. The number of carbonyl (C=O) groups is 1. The van der Waals surface area contributed by atoms with E-state index in [9.17, 15) is 14.1 Å². The van der Waals surface area contributed by atoms with Crippen LogP contribution in [0.15, 0.2) is 35.2 Å². The Morgan fingerprint density at radius 2 is 2.05 bits per heavy atom. The summed E-state index contributed by atoms with van der Waals surface area (Å²) in [6.07, 6.45) is -1.31. The first-order chi connectivity index (χ1) is 9.95. The normalized spacial score (nSPS) is 16.6. The molecule has 1 aromatic carbocycles. The largest absolute Gasteiger partial charge is 0.448 e. The molecule has 0 aliphatic heterocycles. The van der Waals surface area contributed by atoms with Gasteiger partial charge in [0.1, 0.15) is 6.61 Å². The summed E-state index contributed by atoms with van der Waals surface area (Å²) in [6, 6.07) is 9.13. The second-order valence-electron chi connectivity index (χ2n) is 4.66. The minimum absolute atomic E-state index is 0.0448. The van der Waals surface area contributed by atoms with E-state index in [0.29, 0.717) is 5.75 Å². The fourth-order valence-corrected chi connectivity index (χ4v) is 3.67. The lowest BCUT2D eigenvalue weighted by atomic mass is 10.0. The van der Waals surface area contributed by atoms with Crippen LogP contribution in [-0.2, 0) is 15.5 Å². The molecule has 0 bridgehead atoms. The van der Waals surface area contributed by atoms with Crippen molar-refractivity contribution in [2.24, 2.45) is 5.92 Å². The summed E-state index contributed by atoms with van der Waals surface area (Å²) >= 11 is 3.29. The lowest BCUT2D eigenvalue weighted by molar-refractivity contribution is 0.0893. The van der Waals surface area contributed by atoms with Crippen LogP contribution >= 0.6 is 15.9 Å². The topological polar surface area (TPSA) is 75.6 Å². The standard InChI is InChI=1S/C14H20BrNO4S/c1-10(9-21(19)11-6-4-3-5-7-11)13(17)12(15)8-20-14(18)16-2/h3-7,10,12-13,17H,8-9H2,1-2H3,(H,16,18)/t10-,12-,13-,21?/m1/s1. The molecular formula is C14H20BrNO4S. The fourth-order valence-electron chi connectivity index (χ4n) is 1.69. The summed E-state index contributed by atoms with van der Waals surface area (Å²) in [4.78, 5) is 11.3. The zero-order valence-electron chi connectivity index (χ0n) is 12.0. The van der Waals surface area contributed by atoms with Gasteiger partial charge in [0.2, 0.25) is 0 Å². The van der Waals surface area contributed by atoms with Crippen LogP contribution in [0.5, 0.6) is 0 Å². The molecule has 0 fully saturated rings. The van der Waals surface area contributed by atoms with E-state index < -0.39 is 27.8 Å². The Hall–Kier alpha value is -0.920. The Morgan fingerprint density at radius 3 is 2.62 bits per heavy atom. The number of hydrogen-bond acceptors (Lipinski definition) is 4. The molecule has 1 unspecified atom stereocenters. The number of benzene rings is 1. The summed E-state index contributed by atoms with van der Waals surface area (Å²) in [7, 11) is 0.300. The lowest BCUT2D eigenvalue weighted by Crippen LogP contribution is -2.35. The first kappa shape index (κ1) is 18.1. The molecule has 1 amide bonds. The van der Waals surface area contributed by atoms with E-state index in [0.717, 1.165) is 4.90 Å². The maximum absolute atomic E-state index is 12.2. The highest BCUT2D eigenvalue weighted by Crippen LogP contribution is 2.18. The van der Waals surface area contributed by atoms with Crippen LogP contribution in [0.3, 0.4) is 0 Å². The molecule has 118 valence electrons. The number of halogens is 1. The molecule has 0 aliphatic rings. The van der Waals surface area contributed by atoms with Gasteiger partial charge in [-0.15, -0.1) is 0 Å². The molecule has 2 N–H and O–H groups in total. The van der Waals surface area contributed by atoms with Gasteiger partial charge >= 0.3 is 6.09 Å². The number of hydrogen-bond donors (Lipinski definition) is 2. The molecule has 0 spiro atoms. The van der Waals surface area contributed by atoms with Crippen molar-refractivity contribution < 1.29 is 18.8 Å². The maximum Gasteiger partial charge on any atom is 0.406 e. The molecule has 21 heavy (non-hydrogen) atoms. The number of ether oxygens (including phenoxy) is 1. The van der Waals surface area contributed by atoms with Crippen LogP contribution in [0, 0.1) is 5.92 Å². The second kappa shape index (κ2) is 9.17. The van der Waals surface area contributed by atoms with E-state index in [2.05, 4.69) is 21.2 Å². The molecule has 0 aromatic heterocycles. The highest BCUT2D eigenvalue weighted by molar-refractivity contribution is 9.09. The van der Waals surface area contributed by atoms with Crippen LogP contribution in [0.25, 0.3) is 0 Å². The van der Waals surface area contributed by atoms with Gasteiger partial charge < -0.3 is 15.2 Å². The van der Waals surface area contributed by atoms with Gasteiger partial charge in [0.05, 0.1) is 21.7 Å². The van der Waals surface area contributed by atoms with Crippen molar-refractivity contribution in [2.45, 2.75) is 22.8 Å². The lowest BCUT2D eigenvalue weighted by Gasteiger charge is -2.23. The van der Waals surface area contributed by atoms with Crippen LogP contribution < -0.4 is 5.32 Å². The van der Waals surface area contributed by atoms with Crippen molar-refractivity contribution in [3.05, 3.63) is 30.3 Å². The van der Waals surface area contributed by atoms with Crippen LogP contribution in [0.2, 0.25) is 0 Å². The number of rotatable bonds is 7. The van der Waals surface area contributed by atoms with Crippen molar-refractivity contribution in [3.8, 4) is 0 Å². The molecule has 0 radical (unpaired) electrons. The highest BCUT2D eigenvalue weighted by Gasteiger charge is 2.25. The number of amides is 1. The third kappa shape index (κ3) is 6.15. The fraction of sp³-hybridized carbons (Fsp3) is 0.500. The monoisotopic (exact) mass is 377 g/mol. The van der Waals surface area contributed by atoms with Crippen molar-refractivity contribution in [2.75, 3.05) is 19.4 Å². The van der Waals surface area contributed by atoms with Gasteiger partial charge in [-0.3, -0.25) is 4.21 Å². The molecule has 0 aliphatic carbocycles. The Bertz CT molecular complexity index is 471. The average Bonchev–Trinajstić information content (AvgIpc) is 2.51. The number of alkyl halides is 1. The summed E-state index contributed by atoms with van der Waals surface area (Å²) in [5.41, 5.74) is 0. The van der Waals surface area contributed by atoms with E-state index in [1.165, 1.54) is 7.05 Å². The van der Waals surface area contributed by atoms with Gasteiger partial charge in [-0.2, -0.15) is 0 Å². The van der Waals surface area contributed by atoms with E-state index in [1.54, 1.807) is 12.1 Å². The van der Waals surface area contributed by atoms with Crippen LogP contribution in [0.4, 0.5) is 4.79 Å². The molecule has 5 nitrogen and oxygen atoms in total. The molecule has 1 rings (SSSR count). The Balaban J connectivity index is 2.48. The van der Waals surface area contributed by atoms with Gasteiger partial charge in [0.25, 0.3) is 0 Å². The summed E-state index contributed by atoms with van der Waals surface area (Å²) in [5.74, 6) is 0.136. The van der Waals surface area contributed by atoms with Crippen molar-refractivity contribution in [1.29, 1.82) is 0 Å². The minimum atomic E-state index is -1.17. The highest BCUT2D eigenvalue weighted by atomic mass is 79.9. The van der Waals surface area contributed by atoms with Gasteiger partial charge in [0.15, 0.2) is 0 Å². The minimum Gasteiger partial charge on any atom is -0.448 e. The number of aliphatic hydroxyl groups excluding tert-OH is 1. The predicted molar refractivity (Wildman–Crippen MR) is 86.0 cm³/mol. The van der Waals surface area contributed by atoms with Crippen molar-refractivity contribution in [1.82, 2.24) is 5.32 Å². The number of nitrogens with one attached hydrogen (secondary N) is 1. The van der Waals surface area contributed by atoms with Gasteiger partial charge in [-0.1, -0.05) is 41.1 Å². The molecule has 7 heteroatoms. The maximum atomic E-state index is 12.2. The smallest absolute Gasteiger partial charge is 0.406 e. The first-order valence-electron chi connectivity index (χ1n) is 6.55. The van der Waals surface area contributed by atoms with Crippen molar-refractivity contribution in [3.63, 3.8) is 0 Å². The summed E-state index contributed by atoms with van der Waals surface area (Å²) in [5, 5.41) is 12.5. The molecule has 4 atom stereocenters. The van der Waals surface area contributed by atoms with E-state index in [4.69, 9.17) is 4.74 Å². The number of carbonyl (C=O) groups excluding carboxylic acids is 1. The number of alkyl carbamates (subject to hydrolysis) is 1. The van der Waals surface area contributed by atoms with Gasteiger partial charge in [-0.05, 0) is 18.1 Å². The number of aliphatic hydroxyl groups is 1. The molecule has 0 saturated heterocycles. The quantitative estimate of drug-likeness (QED) is 0.711. The third-order valence-electron chi connectivity index (χ3n) is 2.95. The third-order valence-corrected chi connectivity index (χ3v) is 5.38. The van der Waals surface area contributed by atoms with Gasteiger partial charge in [0, 0.05) is 17.7 Å². The Kier molecular flexibility index (Phi) is 7.92. The Morgan fingerprint density at radius 1 is 1.43 bits per heavy atom. The zero-order valence-corrected chi connectivity index (χ0v) is 14.4. The van der Waals surface area contributed by atoms with Crippen LogP contribution in [-0.4, -0.2) is 45.7 Å². The second-order valence-corrected chi connectivity index (χ2v) is 7.33. The van der Waals surface area contributed by atoms with Gasteiger partial charge in [-0.25, -0.2) is 4.79 Å². The predicted octanol–water partition coefficient (Wildman–Crippen LogP) is 1.91.